The van der Waals surface area contributed by atoms with Gasteiger partial charge in [-0.15, -0.1) is 0 Å². The maximum atomic E-state index is 12.8. The summed E-state index contributed by atoms with van der Waals surface area (Å²) in [5.41, 5.74) is -0.871. The van der Waals surface area contributed by atoms with Crippen LogP contribution in [0.2, 0.25) is 0 Å². The fraction of sp³-hybridized carbons (Fsp3) is 0.600. The Labute approximate surface area is 133 Å². The smallest absolute Gasteiger partial charge is 0.393 e. The summed E-state index contributed by atoms with van der Waals surface area (Å²) in [6.07, 6.45) is -2.41. The molecule has 2 fully saturated rings. The number of hydrogen-bond donors (Lipinski definition) is 1. The molecule has 0 bridgehead atoms. The van der Waals surface area contributed by atoms with E-state index >= 15 is 0 Å². The van der Waals surface area contributed by atoms with Crippen molar-refractivity contribution in [2.24, 2.45) is 5.92 Å². The minimum Gasteiger partial charge on any atom is -0.393 e. The van der Waals surface area contributed by atoms with Crippen LogP contribution in [0.5, 0.6) is 0 Å². The molecule has 4 nitrogen and oxygen atoms in total. The van der Waals surface area contributed by atoms with Gasteiger partial charge in [-0.2, -0.15) is 17.5 Å². The van der Waals surface area contributed by atoms with E-state index in [2.05, 4.69) is 0 Å². The van der Waals surface area contributed by atoms with Crippen molar-refractivity contribution in [3.8, 4) is 0 Å². The van der Waals surface area contributed by atoms with Gasteiger partial charge in [-0.1, -0.05) is 0 Å². The Morgan fingerprint density at radius 2 is 1.70 bits per heavy atom. The van der Waals surface area contributed by atoms with Gasteiger partial charge in [0, 0.05) is 12.6 Å². The highest BCUT2D eigenvalue weighted by atomic mass is 32.2. The van der Waals surface area contributed by atoms with E-state index in [9.17, 15) is 26.7 Å². The number of rotatable bonds is 3. The molecule has 2 aliphatic rings. The van der Waals surface area contributed by atoms with Crippen molar-refractivity contribution in [3.63, 3.8) is 0 Å². The topological polar surface area (TPSA) is 57.6 Å². The van der Waals surface area contributed by atoms with Crippen molar-refractivity contribution in [3.05, 3.63) is 29.8 Å². The van der Waals surface area contributed by atoms with Gasteiger partial charge in [-0.05, 0) is 55.9 Å². The first-order valence-electron chi connectivity index (χ1n) is 7.57. The average Bonchev–Trinajstić information content (AvgIpc) is 3.30. The van der Waals surface area contributed by atoms with Gasteiger partial charge in [0.1, 0.15) is 0 Å². The van der Waals surface area contributed by atoms with Crippen LogP contribution in [0.3, 0.4) is 0 Å². The molecule has 3 rings (SSSR count). The van der Waals surface area contributed by atoms with Crippen LogP contribution in [0, 0.1) is 5.92 Å². The lowest BCUT2D eigenvalue weighted by molar-refractivity contribution is -0.137. The maximum Gasteiger partial charge on any atom is 0.416 e. The first kappa shape index (κ1) is 16.7. The minimum atomic E-state index is -4.49. The third kappa shape index (κ3) is 3.39. The number of piperidine rings is 1. The number of hydrogen-bond acceptors (Lipinski definition) is 3. The Kier molecular flexibility index (Phi) is 4.18. The van der Waals surface area contributed by atoms with Gasteiger partial charge in [0.05, 0.1) is 16.6 Å². The summed E-state index contributed by atoms with van der Waals surface area (Å²) in [5, 5.41) is 9.79. The SMILES string of the molecule is O=S(=O)(c1ccc(C(F)(F)F)cc1)N1CC[C@@H](O)C[C@@H]1C1CC1. The molecule has 0 spiro atoms. The molecule has 1 aromatic carbocycles. The van der Waals surface area contributed by atoms with Crippen molar-refractivity contribution in [2.45, 2.75) is 48.9 Å². The van der Waals surface area contributed by atoms with Crippen molar-refractivity contribution < 1.29 is 26.7 Å². The first-order valence-corrected chi connectivity index (χ1v) is 9.01. The Morgan fingerprint density at radius 1 is 1.09 bits per heavy atom. The van der Waals surface area contributed by atoms with Crippen LogP contribution in [0.25, 0.3) is 0 Å². The number of halogens is 3. The molecule has 128 valence electrons. The Hall–Kier alpha value is -1.12. The van der Waals surface area contributed by atoms with Gasteiger partial charge < -0.3 is 5.11 Å². The summed E-state index contributed by atoms with van der Waals surface area (Å²) in [4.78, 5) is -0.132. The van der Waals surface area contributed by atoms with Gasteiger partial charge in [-0.25, -0.2) is 8.42 Å². The summed E-state index contributed by atoms with van der Waals surface area (Å²) >= 11 is 0. The van der Waals surface area contributed by atoms with Crippen LogP contribution in [-0.4, -0.2) is 36.5 Å². The second-order valence-corrected chi connectivity index (χ2v) is 8.11. The van der Waals surface area contributed by atoms with E-state index in [0.717, 1.165) is 37.1 Å². The first-order chi connectivity index (χ1) is 10.7. The highest BCUT2D eigenvalue weighted by Gasteiger charge is 2.44. The molecule has 0 amide bonds. The Balaban J connectivity index is 1.88. The molecule has 0 radical (unpaired) electrons. The van der Waals surface area contributed by atoms with E-state index in [4.69, 9.17) is 0 Å². The molecule has 1 aliphatic heterocycles. The summed E-state index contributed by atoms with van der Waals surface area (Å²) in [6, 6.07) is 3.33. The number of benzene rings is 1. The number of nitrogens with zero attached hydrogens (tertiary/aromatic N) is 1. The Morgan fingerprint density at radius 3 is 2.22 bits per heavy atom. The number of aliphatic hydroxyl groups is 1. The van der Waals surface area contributed by atoms with Gasteiger partial charge in [0.2, 0.25) is 10.0 Å². The second-order valence-electron chi connectivity index (χ2n) is 6.22. The van der Waals surface area contributed by atoms with Gasteiger partial charge in [0.15, 0.2) is 0 Å². The maximum absolute atomic E-state index is 12.8. The van der Waals surface area contributed by atoms with Crippen molar-refractivity contribution >= 4 is 10.0 Å². The summed E-state index contributed by atoms with van der Waals surface area (Å²) in [5.74, 6) is 0.245. The predicted molar refractivity (Wildman–Crippen MR) is 77.1 cm³/mol. The van der Waals surface area contributed by atoms with Crippen molar-refractivity contribution in [2.75, 3.05) is 6.54 Å². The highest BCUT2D eigenvalue weighted by molar-refractivity contribution is 7.89. The van der Waals surface area contributed by atoms with Crippen LogP contribution in [0.4, 0.5) is 13.2 Å². The molecule has 1 saturated heterocycles. The number of sulfonamides is 1. The van der Waals surface area contributed by atoms with Gasteiger partial charge in [-0.3, -0.25) is 0 Å². The average molecular weight is 349 g/mol. The molecular weight excluding hydrogens is 331 g/mol. The molecule has 1 saturated carbocycles. The zero-order valence-corrected chi connectivity index (χ0v) is 13.1. The molecule has 0 aromatic heterocycles. The lowest BCUT2D eigenvalue weighted by Gasteiger charge is -2.37. The fourth-order valence-corrected chi connectivity index (χ4v) is 4.83. The fourth-order valence-electron chi connectivity index (χ4n) is 3.11. The van der Waals surface area contributed by atoms with Gasteiger partial charge in [0.25, 0.3) is 0 Å². The Bertz CT molecular complexity index is 668. The predicted octanol–water partition coefficient (Wildman–Crippen LogP) is 2.63. The summed E-state index contributed by atoms with van der Waals surface area (Å²) in [6.45, 7) is 0.200. The number of aliphatic hydroxyl groups excluding tert-OH is 1. The molecular formula is C15H18F3NO3S. The second kappa shape index (κ2) is 5.75. The van der Waals surface area contributed by atoms with Crippen LogP contribution in [0.15, 0.2) is 29.2 Å². The standard InChI is InChI=1S/C15H18F3NO3S/c16-15(17,18)11-3-5-13(6-4-11)23(21,22)19-8-7-12(20)9-14(19)10-1-2-10/h3-6,10,12,14,20H,1-2,7-9H2/t12-,14-/m1/s1. The molecule has 1 N–H and O–H groups in total. The van der Waals surface area contributed by atoms with E-state index in [-0.39, 0.29) is 23.4 Å². The van der Waals surface area contributed by atoms with E-state index in [1.165, 1.54) is 4.31 Å². The largest absolute Gasteiger partial charge is 0.416 e. The molecule has 1 aliphatic carbocycles. The van der Waals surface area contributed by atoms with E-state index in [1.807, 2.05) is 0 Å². The van der Waals surface area contributed by atoms with Crippen LogP contribution < -0.4 is 0 Å². The van der Waals surface area contributed by atoms with E-state index < -0.39 is 27.9 Å². The molecule has 8 heteroatoms. The molecule has 1 heterocycles. The summed E-state index contributed by atoms with van der Waals surface area (Å²) < 4.78 is 64.7. The third-order valence-electron chi connectivity index (χ3n) is 4.52. The van der Waals surface area contributed by atoms with E-state index in [1.54, 1.807) is 0 Å². The minimum absolute atomic E-state index is 0.132. The monoisotopic (exact) mass is 349 g/mol. The van der Waals surface area contributed by atoms with Crippen LogP contribution in [0.1, 0.15) is 31.2 Å². The van der Waals surface area contributed by atoms with Crippen molar-refractivity contribution in [1.29, 1.82) is 0 Å². The quantitative estimate of drug-likeness (QED) is 0.913. The molecule has 0 unspecified atom stereocenters. The molecule has 23 heavy (non-hydrogen) atoms. The highest BCUT2D eigenvalue weighted by Crippen LogP contribution is 2.41. The lowest BCUT2D eigenvalue weighted by Crippen LogP contribution is -2.48. The third-order valence-corrected chi connectivity index (χ3v) is 6.46. The van der Waals surface area contributed by atoms with Crippen LogP contribution in [-0.2, 0) is 16.2 Å². The summed E-state index contributed by atoms with van der Waals surface area (Å²) in [7, 11) is -3.85. The zero-order chi connectivity index (χ0) is 16.8. The van der Waals surface area contributed by atoms with Crippen molar-refractivity contribution in [1.82, 2.24) is 4.31 Å². The van der Waals surface area contributed by atoms with E-state index in [0.29, 0.717) is 12.8 Å². The molecule has 1 aromatic rings. The van der Waals surface area contributed by atoms with Crippen LogP contribution >= 0.6 is 0 Å². The zero-order valence-electron chi connectivity index (χ0n) is 12.3. The van der Waals surface area contributed by atoms with Gasteiger partial charge >= 0.3 is 6.18 Å². The molecule has 2 atom stereocenters. The number of alkyl halides is 3. The lowest BCUT2D eigenvalue weighted by atomic mass is 9.98. The normalized spacial score (nSPS) is 27.1.